The number of thiazole rings is 1. The summed E-state index contributed by atoms with van der Waals surface area (Å²) < 4.78 is 0. The fraction of sp³-hybridized carbons (Fsp3) is 0.0909. The second kappa shape index (κ2) is 6.30. The smallest absolute Gasteiger partial charge is 0.337 e. The molecule has 0 bridgehead atoms. The van der Waals surface area contributed by atoms with E-state index in [0.717, 1.165) is 0 Å². The van der Waals surface area contributed by atoms with Crippen LogP contribution in [0.4, 0.5) is 5.13 Å². The Kier molecular flexibility index (Phi) is 4.48. The van der Waals surface area contributed by atoms with Crippen molar-refractivity contribution in [1.82, 2.24) is 9.97 Å². The van der Waals surface area contributed by atoms with Crippen molar-refractivity contribution in [2.45, 2.75) is 5.03 Å². The average molecular weight is 295 g/mol. The molecular weight excluding hydrogens is 286 g/mol. The Bertz CT molecular complexity index is 569. The van der Waals surface area contributed by atoms with Gasteiger partial charge in [-0.25, -0.2) is 14.8 Å². The van der Waals surface area contributed by atoms with Gasteiger partial charge in [-0.1, -0.05) is 11.8 Å². The van der Waals surface area contributed by atoms with Gasteiger partial charge in [-0.2, -0.15) is 0 Å². The zero-order valence-electron chi connectivity index (χ0n) is 9.57. The molecule has 0 unspecified atom stereocenters. The summed E-state index contributed by atoms with van der Waals surface area (Å²) in [5.74, 6) is -1.01. The predicted octanol–water partition coefficient (Wildman–Crippen LogP) is 1.97. The number of hydrogen-bond donors (Lipinski definition) is 2. The second-order valence-electron chi connectivity index (χ2n) is 3.36. The van der Waals surface area contributed by atoms with Crippen molar-refractivity contribution in [3.05, 3.63) is 35.5 Å². The van der Waals surface area contributed by atoms with E-state index in [1.807, 2.05) is 0 Å². The van der Waals surface area contributed by atoms with E-state index in [0.29, 0.717) is 10.2 Å². The first-order valence-electron chi connectivity index (χ1n) is 5.16. The molecule has 0 aliphatic carbocycles. The molecule has 1 amide bonds. The van der Waals surface area contributed by atoms with Crippen LogP contribution in [0, 0.1) is 0 Å². The summed E-state index contributed by atoms with van der Waals surface area (Å²) in [5.41, 5.74) is 0.122. The van der Waals surface area contributed by atoms with E-state index in [9.17, 15) is 9.59 Å². The minimum atomic E-state index is -1.02. The summed E-state index contributed by atoms with van der Waals surface area (Å²) in [5, 5.41) is 14.3. The minimum Gasteiger partial charge on any atom is -0.478 e. The van der Waals surface area contributed by atoms with E-state index >= 15 is 0 Å². The topological polar surface area (TPSA) is 92.2 Å². The highest BCUT2D eigenvalue weighted by molar-refractivity contribution is 7.99. The number of thioether (sulfide) groups is 1. The van der Waals surface area contributed by atoms with Gasteiger partial charge in [0.05, 0.1) is 16.3 Å². The number of anilines is 1. The Balaban J connectivity index is 1.84. The fourth-order valence-electron chi connectivity index (χ4n) is 1.17. The molecule has 0 atom stereocenters. The van der Waals surface area contributed by atoms with Crippen LogP contribution in [0.2, 0.25) is 0 Å². The standard InChI is InChI=1S/C11H9N3O3S2/c15-8(14-11-12-3-4-18-11)6-19-9-2-1-7(5-13-9)10(16)17/h1-5H,6H2,(H,16,17)(H,12,14,15). The van der Waals surface area contributed by atoms with Gasteiger partial charge >= 0.3 is 5.97 Å². The van der Waals surface area contributed by atoms with E-state index < -0.39 is 5.97 Å². The first-order valence-corrected chi connectivity index (χ1v) is 7.03. The Morgan fingerprint density at radius 1 is 1.37 bits per heavy atom. The second-order valence-corrected chi connectivity index (χ2v) is 5.25. The maximum atomic E-state index is 11.6. The summed E-state index contributed by atoms with van der Waals surface area (Å²) in [6.07, 6.45) is 2.88. The molecule has 2 heterocycles. The molecule has 6 nitrogen and oxygen atoms in total. The van der Waals surface area contributed by atoms with E-state index in [4.69, 9.17) is 5.11 Å². The van der Waals surface area contributed by atoms with E-state index in [2.05, 4.69) is 15.3 Å². The molecule has 0 fully saturated rings. The largest absolute Gasteiger partial charge is 0.478 e. The lowest BCUT2D eigenvalue weighted by atomic mass is 10.3. The third-order valence-electron chi connectivity index (χ3n) is 2.01. The van der Waals surface area contributed by atoms with Crippen LogP contribution in [0.1, 0.15) is 10.4 Å². The zero-order valence-corrected chi connectivity index (χ0v) is 11.2. The van der Waals surface area contributed by atoms with Crippen molar-refractivity contribution in [2.24, 2.45) is 0 Å². The number of nitrogens with zero attached hydrogens (tertiary/aromatic N) is 2. The van der Waals surface area contributed by atoms with Gasteiger partial charge in [0.2, 0.25) is 5.91 Å². The van der Waals surface area contributed by atoms with Crippen LogP contribution in [0.15, 0.2) is 34.9 Å². The number of carboxylic acids is 1. The molecule has 2 aromatic heterocycles. The highest BCUT2D eigenvalue weighted by atomic mass is 32.2. The van der Waals surface area contributed by atoms with Crippen molar-refractivity contribution >= 4 is 40.1 Å². The lowest BCUT2D eigenvalue weighted by Gasteiger charge is -2.01. The maximum absolute atomic E-state index is 11.6. The van der Waals surface area contributed by atoms with Gasteiger partial charge in [0, 0.05) is 17.8 Å². The molecule has 0 aliphatic rings. The number of aromatic nitrogens is 2. The molecule has 0 saturated heterocycles. The third kappa shape index (κ3) is 4.04. The summed E-state index contributed by atoms with van der Waals surface area (Å²) in [7, 11) is 0. The van der Waals surface area contributed by atoms with Gasteiger partial charge in [0.15, 0.2) is 5.13 Å². The molecule has 19 heavy (non-hydrogen) atoms. The normalized spacial score (nSPS) is 10.1. The van der Waals surface area contributed by atoms with Gasteiger partial charge in [0.25, 0.3) is 0 Å². The number of carbonyl (C=O) groups is 2. The number of aromatic carboxylic acids is 1. The van der Waals surface area contributed by atoms with Crippen molar-refractivity contribution in [3.63, 3.8) is 0 Å². The third-order valence-corrected chi connectivity index (χ3v) is 3.65. The van der Waals surface area contributed by atoms with Crippen LogP contribution in [0.25, 0.3) is 0 Å². The van der Waals surface area contributed by atoms with Crippen LogP contribution in [-0.4, -0.2) is 32.7 Å². The monoisotopic (exact) mass is 295 g/mol. The average Bonchev–Trinajstić information content (AvgIpc) is 2.89. The molecule has 0 aliphatic heterocycles. The van der Waals surface area contributed by atoms with Crippen molar-refractivity contribution in [1.29, 1.82) is 0 Å². The highest BCUT2D eigenvalue weighted by Crippen LogP contribution is 2.16. The van der Waals surface area contributed by atoms with Gasteiger partial charge in [-0.15, -0.1) is 11.3 Å². The molecule has 2 aromatic rings. The van der Waals surface area contributed by atoms with Crippen LogP contribution in [0.3, 0.4) is 0 Å². The molecule has 0 spiro atoms. The first-order chi connectivity index (χ1) is 9.15. The Labute approximate surface area is 116 Å². The fourth-order valence-corrected chi connectivity index (χ4v) is 2.36. The van der Waals surface area contributed by atoms with Gasteiger partial charge in [-0.05, 0) is 12.1 Å². The number of hydrogen-bond acceptors (Lipinski definition) is 6. The highest BCUT2D eigenvalue weighted by Gasteiger charge is 2.07. The summed E-state index contributed by atoms with van der Waals surface area (Å²) >= 11 is 2.58. The number of pyridine rings is 1. The number of nitrogens with one attached hydrogen (secondary N) is 1. The van der Waals surface area contributed by atoms with Crippen LogP contribution in [0.5, 0.6) is 0 Å². The Morgan fingerprint density at radius 2 is 2.21 bits per heavy atom. The van der Waals surface area contributed by atoms with Crippen LogP contribution < -0.4 is 5.32 Å². The van der Waals surface area contributed by atoms with Gasteiger partial charge in [-0.3, -0.25) is 4.79 Å². The lowest BCUT2D eigenvalue weighted by Crippen LogP contribution is -2.13. The Hall–Kier alpha value is -1.93. The molecule has 2 rings (SSSR count). The van der Waals surface area contributed by atoms with Crippen LogP contribution in [-0.2, 0) is 4.79 Å². The Morgan fingerprint density at radius 3 is 2.79 bits per heavy atom. The van der Waals surface area contributed by atoms with Crippen molar-refractivity contribution in [3.8, 4) is 0 Å². The quantitative estimate of drug-likeness (QED) is 0.819. The van der Waals surface area contributed by atoms with Crippen LogP contribution >= 0.6 is 23.1 Å². The molecule has 2 N–H and O–H groups in total. The van der Waals surface area contributed by atoms with E-state index in [-0.39, 0.29) is 17.2 Å². The predicted molar refractivity (Wildman–Crippen MR) is 72.7 cm³/mol. The number of amides is 1. The van der Waals surface area contributed by atoms with Gasteiger partial charge in [0.1, 0.15) is 0 Å². The van der Waals surface area contributed by atoms with Crippen molar-refractivity contribution in [2.75, 3.05) is 11.1 Å². The van der Waals surface area contributed by atoms with E-state index in [1.165, 1.54) is 35.4 Å². The van der Waals surface area contributed by atoms with E-state index in [1.54, 1.807) is 17.6 Å². The summed E-state index contributed by atoms with van der Waals surface area (Å²) in [4.78, 5) is 30.1. The number of rotatable bonds is 5. The van der Waals surface area contributed by atoms with Gasteiger partial charge < -0.3 is 10.4 Å². The molecule has 0 aromatic carbocycles. The summed E-state index contributed by atoms with van der Waals surface area (Å²) in [6, 6.07) is 3.03. The summed E-state index contributed by atoms with van der Waals surface area (Å²) in [6.45, 7) is 0. The molecule has 8 heteroatoms. The molecule has 0 radical (unpaired) electrons. The van der Waals surface area contributed by atoms with Crippen molar-refractivity contribution < 1.29 is 14.7 Å². The number of carboxylic acid groups (broad SMARTS) is 1. The minimum absolute atomic E-state index is 0.122. The molecule has 0 saturated carbocycles. The lowest BCUT2D eigenvalue weighted by molar-refractivity contribution is -0.113. The molecule has 98 valence electrons. The number of carbonyl (C=O) groups excluding carboxylic acids is 1. The molecular formula is C11H9N3O3S2. The first kappa shape index (κ1) is 13.5. The zero-order chi connectivity index (χ0) is 13.7. The maximum Gasteiger partial charge on any atom is 0.337 e. The SMILES string of the molecule is O=C(CSc1ccc(C(=O)O)cn1)Nc1nccs1.